The quantitative estimate of drug-likeness (QED) is 0.757. The maximum atomic E-state index is 11.6. The highest BCUT2D eigenvalue weighted by molar-refractivity contribution is 6.06. The molecule has 0 saturated carbocycles. The molecule has 0 atom stereocenters. The molecule has 1 rings (SSSR count). The molecule has 0 fully saturated rings. The Morgan fingerprint density at radius 3 is 2.35 bits per heavy atom. The smallest absolute Gasteiger partial charge is 0.251 e. The highest BCUT2D eigenvalue weighted by Crippen LogP contribution is 2.11. The van der Waals surface area contributed by atoms with Crippen molar-refractivity contribution >= 4 is 17.5 Å². The van der Waals surface area contributed by atoms with E-state index in [-0.39, 0.29) is 17.9 Å². The molecule has 17 heavy (non-hydrogen) atoms. The predicted molar refractivity (Wildman–Crippen MR) is 67.4 cm³/mol. The number of aryl methyl sites for hydroxylation is 1. The molecule has 0 aromatic heterocycles. The Morgan fingerprint density at radius 1 is 1.29 bits per heavy atom. The van der Waals surface area contributed by atoms with Crippen LogP contribution < -0.4 is 11.1 Å². The van der Waals surface area contributed by atoms with Gasteiger partial charge in [0, 0.05) is 11.3 Å². The van der Waals surface area contributed by atoms with Crippen LogP contribution in [0.2, 0.25) is 0 Å². The van der Waals surface area contributed by atoms with Gasteiger partial charge in [0.2, 0.25) is 5.91 Å². The molecule has 0 unspecified atom stereocenters. The zero-order valence-corrected chi connectivity index (χ0v) is 9.82. The van der Waals surface area contributed by atoms with E-state index in [4.69, 9.17) is 5.73 Å². The molecule has 0 heterocycles. The highest BCUT2D eigenvalue weighted by atomic mass is 16.2. The molecule has 3 N–H and O–H groups in total. The van der Waals surface area contributed by atoms with Crippen molar-refractivity contribution in [2.45, 2.75) is 19.8 Å². The number of primary amides is 1. The first kappa shape index (κ1) is 13.0. The molecule has 2 amide bonds. The molecule has 0 aliphatic carbocycles. The summed E-state index contributed by atoms with van der Waals surface area (Å²) in [5.74, 6) is -0.945. The number of benzene rings is 1. The van der Waals surface area contributed by atoms with Crippen molar-refractivity contribution < 1.29 is 9.59 Å². The van der Waals surface area contributed by atoms with Gasteiger partial charge in [0.1, 0.15) is 0 Å². The van der Waals surface area contributed by atoms with Gasteiger partial charge in [0.15, 0.2) is 0 Å². The van der Waals surface area contributed by atoms with Gasteiger partial charge in [0.25, 0.3) is 5.91 Å². The molecule has 1 aromatic carbocycles. The first-order chi connectivity index (χ1) is 8.02. The number of carbonyl (C=O) groups is 2. The van der Waals surface area contributed by atoms with Crippen LogP contribution in [0.25, 0.3) is 0 Å². The summed E-state index contributed by atoms with van der Waals surface area (Å²) in [4.78, 5) is 22.2. The molecule has 0 radical (unpaired) electrons. The van der Waals surface area contributed by atoms with Gasteiger partial charge in [-0.3, -0.25) is 9.59 Å². The number of hydrogen-bond donors (Lipinski definition) is 2. The summed E-state index contributed by atoms with van der Waals surface area (Å²) in [6.45, 7) is 5.57. The topological polar surface area (TPSA) is 72.2 Å². The number of nitrogens with one attached hydrogen (secondary N) is 1. The lowest BCUT2D eigenvalue weighted by Gasteiger charge is -2.06. The van der Waals surface area contributed by atoms with Crippen LogP contribution in [-0.4, -0.2) is 11.8 Å². The van der Waals surface area contributed by atoms with Crippen molar-refractivity contribution in [1.29, 1.82) is 0 Å². The molecular formula is C13H16N2O2. The van der Waals surface area contributed by atoms with E-state index in [0.29, 0.717) is 5.69 Å². The number of rotatable bonds is 5. The fourth-order valence-corrected chi connectivity index (χ4v) is 1.33. The Bertz CT molecular complexity index is 435. The summed E-state index contributed by atoms with van der Waals surface area (Å²) >= 11 is 0. The van der Waals surface area contributed by atoms with Gasteiger partial charge in [0.05, 0.1) is 6.42 Å². The largest absolute Gasteiger partial charge is 0.369 e. The number of carbonyl (C=O) groups excluding carboxylic acids is 2. The van der Waals surface area contributed by atoms with Crippen LogP contribution in [0, 0.1) is 0 Å². The summed E-state index contributed by atoms with van der Waals surface area (Å²) in [7, 11) is 0. The maximum Gasteiger partial charge on any atom is 0.251 e. The monoisotopic (exact) mass is 232 g/mol. The van der Waals surface area contributed by atoms with E-state index in [1.165, 1.54) is 5.56 Å². The Balaban J connectivity index is 2.61. The second kappa shape index (κ2) is 5.84. The summed E-state index contributed by atoms with van der Waals surface area (Å²) in [6, 6.07) is 7.50. The molecule has 1 aromatic rings. The van der Waals surface area contributed by atoms with Crippen molar-refractivity contribution in [2.24, 2.45) is 5.73 Å². The van der Waals surface area contributed by atoms with Crippen LogP contribution in [0.5, 0.6) is 0 Å². The van der Waals surface area contributed by atoms with Crippen LogP contribution in [0.4, 0.5) is 5.69 Å². The van der Waals surface area contributed by atoms with Gasteiger partial charge < -0.3 is 11.1 Å². The number of hydrogen-bond acceptors (Lipinski definition) is 2. The minimum atomic E-state index is -0.563. The van der Waals surface area contributed by atoms with Crippen LogP contribution in [-0.2, 0) is 16.0 Å². The minimum absolute atomic E-state index is 0.126. The predicted octanol–water partition coefficient (Wildman–Crippen LogP) is 1.62. The molecule has 0 saturated heterocycles. The Morgan fingerprint density at radius 2 is 1.88 bits per heavy atom. The van der Waals surface area contributed by atoms with Crippen LogP contribution in [0.15, 0.2) is 36.4 Å². The molecule has 0 spiro atoms. The third-order valence-electron chi connectivity index (χ3n) is 2.33. The van der Waals surface area contributed by atoms with E-state index < -0.39 is 5.91 Å². The summed E-state index contributed by atoms with van der Waals surface area (Å²) in [5, 5.41) is 2.65. The molecule has 4 nitrogen and oxygen atoms in total. The fourth-order valence-electron chi connectivity index (χ4n) is 1.33. The summed E-state index contributed by atoms with van der Waals surface area (Å²) in [6.07, 6.45) is 0.821. The first-order valence-electron chi connectivity index (χ1n) is 5.39. The Labute approximate surface area is 101 Å². The van der Waals surface area contributed by atoms with E-state index in [9.17, 15) is 9.59 Å². The Hall–Kier alpha value is -2.10. The van der Waals surface area contributed by atoms with Gasteiger partial charge in [-0.05, 0) is 24.1 Å². The lowest BCUT2D eigenvalue weighted by Crippen LogP contribution is -2.19. The van der Waals surface area contributed by atoms with Gasteiger partial charge >= 0.3 is 0 Å². The fraction of sp³-hybridized carbons (Fsp3) is 0.231. The normalized spacial score (nSPS) is 9.71. The van der Waals surface area contributed by atoms with Crippen molar-refractivity contribution in [3.8, 4) is 0 Å². The molecule has 4 heteroatoms. The molecule has 0 bridgehead atoms. The van der Waals surface area contributed by atoms with Gasteiger partial charge in [-0.25, -0.2) is 0 Å². The van der Waals surface area contributed by atoms with Crippen LogP contribution in [0.3, 0.4) is 0 Å². The zero-order valence-electron chi connectivity index (χ0n) is 9.82. The van der Waals surface area contributed by atoms with Gasteiger partial charge in [-0.2, -0.15) is 0 Å². The molecule has 0 aliphatic rings. The van der Waals surface area contributed by atoms with E-state index in [2.05, 4.69) is 18.8 Å². The molecule has 90 valence electrons. The summed E-state index contributed by atoms with van der Waals surface area (Å²) < 4.78 is 0. The maximum absolute atomic E-state index is 11.6. The van der Waals surface area contributed by atoms with Crippen molar-refractivity contribution in [3.05, 3.63) is 42.0 Å². The first-order valence-corrected chi connectivity index (χ1v) is 5.39. The van der Waals surface area contributed by atoms with E-state index in [0.717, 1.165) is 6.42 Å². The number of nitrogens with two attached hydrogens (primary N) is 1. The highest BCUT2D eigenvalue weighted by Gasteiger charge is 2.09. The third-order valence-corrected chi connectivity index (χ3v) is 2.33. The Kier molecular flexibility index (Phi) is 4.46. The standard InChI is InChI=1S/C13H16N2O2/c1-3-10-4-6-11(7-5-10)15-13(17)9(2)8-12(14)16/h4-7H,2-3,8H2,1H3,(H2,14,16)(H,15,17). The molecular weight excluding hydrogens is 216 g/mol. The van der Waals surface area contributed by atoms with Crippen LogP contribution >= 0.6 is 0 Å². The average molecular weight is 232 g/mol. The lowest BCUT2D eigenvalue weighted by atomic mass is 10.1. The van der Waals surface area contributed by atoms with Gasteiger partial charge in [-0.15, -0.1) is 0 Å². The van der Waals surface area contributed by atoms with Crippen molar-refractivity contribution in [2.75, 3.05) is 5.32 Å². The SMILES string of the molecule is C=C(CC(N)=O)C(=O)Nc1ccc(CC)cc1. The number of amides is 2. The lowest BCUT2D eigenvalue weighted by molar-refractivity contribution is -0.119. The van der Waals surface area contributed by atoms with Crippen molar-refractivity contribution in [1.82, 2.24) is 0 Å². The van der Waals surface area contributed by atoms with Gasteiger partial charge in [-0.1, -0.05) is 25.6 Å². The minimum Gasteiger partial charge on any atom is -0.369 e. The van der Waals surface area contributed by atoms with E-state index >= 15 is 0 Å². The second-order valence-electron chi connectivity index (χ2n) is 3.75. The number of anilines is 1. The summed E-state index contributed by atoms with van der Waals surface area (Å²) in [5.41, 5.74) is 7.02. The average Bonchev–Trinajstić information content (AvgIpc) is 2.29. The molecule has 0 aliphatic heterocycles. The van der Waals surface area contributed by atoms with E-state index in [1.807, 2.05) is 24.3 Å². The second-order valence-corrected chi connectivity index (χ2v) is 3.75. The van der Waals surface area contributed by atoms with Crippen molar-refractivity contribution in [3.63, 3.8) is 0 Å². The van der Waals surface area contributed by atoms with E-state index in [1.54, 1.807) is 0 Å². The third kappa shape index (κ3) is 4.10. The van der Waals surface area contributed by atoms with Crippen LogP contribution in [0.1, 0.15) is 18.9 Å². The zero-order chi connectivity index (χ0) is 12.8.